The lowest BCUT2D eigenvalue weighted by Gasteiger charge is -2.25. The molecule has 1 aliphatic heterocycles. The Balaban J connectivity index is 1.74. The van der Waals surface area contributed by atoms with Gasteiger partial charge in [-0.25, -0.2) is 5.43 Å². The molecule has 2 rings (SSSR count). The molecule has 3 unspecified atom stereocenters. The predicted octanol–water partition coefficient (Wildman–Crippen LogP) is 0.782. The van der Waals surface area contributed by atoms with Gasteiger partial charge >= 0.3 is 0 Å². The third-order valence-electron chi connectivity index (χ3n) is 3.84. The van der Waals surface area contributed by atoms with E-state index in [1.54, 1.807) is 6.21 Å². The quantitative estimate of drug-likeness (QED) is 0.514. The highest BCUT2D eigenvalue weighted by Crippen LogP contribution is 2.24. The average Bonchev–Trinajstić information content (AvgIpc) is 2.40. The van der Waals surface area contributed by atoms with Gasteiger partial charge in [-0.05, 0) is 32.2 Å². The molecule has 3 N–H and O–H groups in total. The number of hydrogen-bond donors (Lipinski definition) is 3. The molecule has 1 heterocycles. The number of aliphatic hydroxyl groups is 1. The van der Waals surface area contributed by atoms with Crippen molar-refractivity contribution in [3.05, 3.63) is 0 Å². The fourth-order valence-corrected chi connectivity index (χ4v) is 2.70. The molecule has 5 nitrogen and oxygen atoms in total. The van der Waals surface area contributed by atoms with Gasteiger partial charge in [0.1, 0.15) is 0 Å². The summed E-state index contributed by atoms with van der Waals surface area (Å²) in [6.45, 7) is 1.02. The number of amides is 1. The van der Waals surface area contributed by atoms with E-state index in [0.29, 0.717) is 0 Å². The van der Waals surface area contributed by atoms with Gasteiger partial charge in [0.2, 0.25) is 5.91 Å². The number of carbonyl (C=O) groups is 1. The molecule has 0 aromatic rings. The number of aliphatic hydroxyl groups excluding tert-OH is 1. The van der Waals surface area contributed by atoms with Crippen LogP contribution in [0.2, 0.25) is 0 Å². The highest BCUT2D eigenvalue weighted by molar-refractivity contribution is 5.80. The Kier molecular flexibility index (Phi) is 5.13. The van der Waals surface area contributed by atoms with Crippen LogP contribution in [-0.2, 0) is 4.79 Å². The zero-order valence-electron chi connectivity index (χ0n) is 10.8. The Hall–Kier alpha value is -0.940. The smallest absolute Gasteiger partial charge is 0.245 e. The van der Waals surface area contributed by atoms with Crippen LogP contribution >= 0.6 is 0 Å². The van der Waals surface area contributed by atoms with E-state index in [-0.39, 0.29) is 17.9 Å². The Labute approximate surface area is 108 Å². The minimum Gasteiger partial charge on any atom is -0.392 e. The summed E-state index contributed by atoms with van der Waals surface area (Å²) in [4.78, 5) is 11.8. The molecule has 2 fully saturated rings. The number of hydrogen-bond acceptors (Lipinski definition) is 4. The lowest BCUT2D eigenvalue weighted by molar-refractivity contribution is -0.130. The molecule has 1 saturated carbocycles. The van der Waals surface area contributed by atoms with Crippen LogP contribution in [0.1, 0.15) is 44.9 Å². The van der Waals surface area contributed by atoms with Gasteiger partial charge in [0.05, 0.1) is 12.0 Å². The summed E-state index contributed by atoms with van der Waals surface area (Å²) in [5, 5.41) is 17.1. The SMILES string of the molecule is O=C(N/N=C\C1CCCCN1)C1CCCCC1O. The van der Waals surface area contributed by atoms with Crippen molar-refractivity contribution in [3.8, 4) is 0 Å². The van der Waals surface area contributed by atoms with Crippen LogP contribution in [0.25, 0.3) is 0 Å². The van der Waals surface area contributed by atoms with Crippen LogP contribution < -0.4 is 10.7 Å². The van der Waals surface area contributed by atoms with Gasteiger partial charge in [0, 0.05) is 12.3 Å². The number of carbonyl (C=O) groups excluding carboxylic acids is 1. The molecule has 0 radical (unpaired) electrons. The van der Waals surface area contributed by atoms with Crippen LogP contribution in [0.5, 0.6) is 0 Å². The van der Waals surface area contributed by atoms with Gasteiger partial charge < -0.3 is 10.4 Å². The molecule has 2 aliphatic rings. The molecule has 1 amide bonds. The van der Waals surface area contributed by atoms with E-state index in [0.717, 1.165) is 38.6 Å². The molecule has 102 valence electrons. The standard InChI is InChI=1S/C13H23N3O2/c17-12-7-2-1-6-11(12)13(18)16-15-9-10-5-3-4-8-14-10/h9-12,14,17H,1-8H2,(H,16,18)/b15-9-. The van der Waals surface area contributed by atoms with E-state index in [1.807, 2.05) is 0 Å². The van der Waals surface area contributed by atoms with Crippen LogP contribution in [0, 0.1) is 5.92 Å². The Morgan fingerprint density at radius 2 is 2.00 bits per heavy atom. The highest BCUT2D eigenvalue weighted by Gasteiger charge is 2.29. The lowest BCUT2D eigenvalue weighted by atomic mass is 9.86. The van der Waals surface area contributed by atoms with E-state index in [4.69, 9.17) is 0 Å². The first-order valence-corrected chi connectivity index (χ1v) is 7.02. The fraction of sp³-hybridized carbons (Fsp3) is 0.846. The molecule has 18 heavy (non-hydrogen) atoms. The van der Waals surface area contributed by atoms with Crippen LogP contribution in [-0.4, -0.2) is 35.9 Å². The van der Waals surface area contributed by atoms with Crippen LogP contribution in [0.3, 0.4) is 0 Å². The second-order valence-corrected chi connectivity index (χ2v) is 5.27. The molecule has 3 atom stereocenters. The Morgan fingerprint density at radius 3 is 2.72 bits per heavy atom. The zero-order valence-corrected chi connectivity index (χ0v) is 10.8. The van der Waals surface area contributed by atoms with Gasteiger partial charge in [0.25, 0.3) is 0 Å². The maximum atomic E-state index is 11.8. The monoisotopic (exact) mass is 253 g/mol. The second kappa shape index (κ2) is 6.85. The molecular weight excluding hydrogens is 230 g/mol. The summed E-state index contributed by atoms with van der Waals surface area (Å²) in [5.74, 6) is -0.426. The summed E-state index contributed by atoms with van der Waals surface area (Å²) in [6, 6.07) is 0.273. The largest absolute Gasteiger partial charge is 0.392 e. The average molecular weight is 253 g/mol. The minimum absolute atomic E-state index is 0.144. The summed E-state index contributed by atoms with van der Waals surface area (Å²) < 4.78 is 0. The summed E-state index contributed by atoms with van der Waals surface area (Å²) >= 11 is 0. The number of nitrogens with zero attached hydrogens (tertiary/aromatic N) is 1. The first-order valence-electron chi connectivity index (χ1n) is 7.02. The van der Waals surface area contributed by atoms with Crippen molar-refractivity contribution in [1.29, 1.82) is 0 Å². The van der Waals surface area contributed by atoms with E-state index in [9.17, 15) is 9.90 Å². The molecular formula is C13H23N3O2. The number of hydrazone groups is 1. The highest BCUT2D eigenvalue weighted by atomic mass is 16.3. The normalized spacial score (nSPS) is 33.5. The van der Waals surface area contributed by atoms with Gasteiger partial charge in [0.15, 0.2) is 0 Å². The van der Waals surface area contributed by atoms with Crippen LogP contribution in [0.4, 0.5) is 0 Å². The summed E-state index contributed by atoms with van der Waals surface area (Å²) in [5.41, 5.74) is 2.56. The second-order valence-electron chi connectivity index (χ2n) is 5.27. The predicted molar refractivity (Wildman–Crippen MR) is 70.2 cm³/mol. The minimum atomic E-state index is -0.498. The maximum Gasteiger partial charge on any atom is 0.245 e. The van der Waals surface area contributed by atoms with Crippen molar-refractivity contribution in [2.24, 2.45) is 11.0 Å². The molecule has 5 heteroatoms. The van der Waals surface area contributed by atoms with E-state index in [2.05, 4.69) is 15.8 Å². The zero-order chi connectivity index (χ0) is 12.8. The van der Waals surface area contributed by atoms with Crippen molar-refractivity contribution < 1.29 is 9.90 Å². The maximum absolute atomic E-state index is 11.8. The Bertz CT molecular complexity index is 301. The number of piperidine rings is 1. The molecule has 1 aliphatic carbocycles. The third-order valence-corrected chi connectivity index (χ3v) is 3.84. The fourth-order valence-electron chi connectivity index (χ4n) is 2.70. The van der Waals surface area contributed by atoms with E-state index >= 15 is 0 Å². The van der Waals surface area contributed by atoms with Crippen molar-refractivity contribution in [3.63, 3.8) is 0 Å². The van der Waals surface area contributed by atoms with Gasteiger partial charge in [-0.2, -0.15) is 5.10 Å². The molecule has 0 aromatic carbocycles. The topological polar surface area (TPSA) is 73.7 Å². The van der Waals surface area contributed by atoms with E-state index < -0.39 is 6.10 Å². The molecule has 0 spiro atoms. The summed E-state index contributed by atoms with van der Waals surface area (Å²) in [7, 11) is 0. The molecule has 0 aromatic heterocycles. The lowest BCUT2D eigenvalue weighted by Crippen LogP contribution is -2.39. The van der Waals surface area contributed by atoms with Crippen molar-refractivity contribution in [2.45, 2.75) is 57.1 Å². The third kappa shape index (κ3) is 3.78. The van der Waals surface area contributed by atoms with Gasteiger partial charge in [-0.15, -0.1) is 0 Å². The Morgan fingerprint density at radius 1 is 1.22 bits per heavy atom. The van der Waals surface area contributed by atoms with E-state index in [1.165, 1.54) is 12.8 Å². The van der Waals surface area contributed by atoms with Gasteiger partial charge in [-0.3, -0.25) is 4.79 Å². The van der Waals surface area contributed by atoms with Crippen molar-refractivity contribution in [2.75, 3.05) is 6.54 Å². The molecule has 0 bridgehead atoms. The first kappa shape index (κ1) is 13.5. The molecule has 1 saturated heterocycles. The van der Waals surface area contributed by atoms with Crippen molar-refractivity contribution >= 4 is 12.1 Å². The number of nitrogens with one attached hydrogen (secondary N) is 2. The number of rotatable bonds is 3. The van der Waals surface area contributed by atoms with Gasteiger partial charge in [-0.1, -0.05) is 19.3 Å². The first-order chi connectivity index (χ1) is 8.77. The summed E-state index contributed by atoms with van der Waals surface area (Å²) in [6.07, 6.45) is 8.29. The van der Waals surface area contributed by atoms with Crippen molar-refractivity contribution in [1.82, 2.24) is 10.7 Å². The van der Waals surface area contributed by atoms with Crippen LogP contribution in [0.15, 0.2) is 5.10 Å².